The van der Waals surface area contributed by atoms with Crippen LogP contribution in [0, 0.1) is 0 Å². The second-order valence-electron chi connectivity index (χ2n) is 6.98. The Balaban J connectivity index is 1.46. The van der Waals surface area contributed by atoms with Gasteiger partial charge in [-0.25, -0.2) is 15.0 Å². The number of hydrogen-bond acceptors (Lipinski definition) is 11. The van der Waals surface area contributed by atoms with E-state index in [0.29, 0.717) is 17.0 Å². The summed E-state index contributed by atoms with van der Waals surface area (Å²) in [4.78, 5) is 17.9. The van der Waals surface area contributed by atoms with E-state index in [9.17, 15) is 9.13 Å². The summed E-state index contributed by atoms with van der Waals surface area (Å²) in [7, 11) is -4.59. The number of para-hydroxylation sites is 2. The van der Waals surface area contributed by atoms with E-state index in [4.69, 9.17) is 29.1 Å². The summed E-state index contributed by atoms with van der Waals surface area (Å²) in [6, 6.07) is 17.2. The minimum Gasteiger partial charge on any atom is -0.382 e. The number of nitrogens with two attached hydrogens (primary N) is 1. The molecule has 2 heterocycles. The maximum atomic E-state index is 12.4. The van der Waals surface area contributed by atoms with Gasteiger partial charge in [0.25, 0.3) is 12.7 Å². The number of aromatic nitrogens is 4. The molecule has 4 rings (SSSR count). The minimum atomic E-state index is -2.30. The van der Waals surface area contributed by atoms with Crippen molar-refractivity contribution < 1.29 is 32.5 Å². The minimum absolute atomic E-state index is 0.152. The van der Waals surface area contributed by atoms with Crippen LogP contribution >= 0.6 is 16.1 Å². The summed E-state index contributed by atoms with van der Waals surface area (Å²) < 4.78 is 48.1. The van der Waals surface area contributed by atoms with Gasteiger partial charge in [0.1, 0.15) is 12.7 Å². The zero-order chi connectivity index (χ0) is 24.7. The first kappa shape index (κ1) is 24.4. The van der Waals surface area contributed by atoms with Gasteiger partial charge < -0.3 is 10.6 Å². The van der Waals surface area contributed by atoms with Crippen molar-refractivity contribution >= 4 is 33.0 Å². The monoisotopic (exact) mass is 517 g/mol. The number of ether oxygens (including phenoxy) is 2. The molecule has 2 N–H and O–H groups in total. The number of nitrogens with zero attached hydrogens (tertiary/aromatic N) is 4. The molecular weight excluding hydrogens is 496 g/mol. The quantitative estimate of drug-likeness (QED) is 0.214. The molecule has 0 bridgehead atoms. The van der Waals surface area contributed by atoms with Gasteiger partial charge >= 0.3 is 22.0 Å². The van der Waals surface area contributed by atoms with Crippen molar-refractivity contribution in [3.05, 3.63) is 73.3 Å². The predicted octanol–water partition coefficient (Wildman–Crippen LogP) is 4.10. The molecule has 0 aliphatic heterocycles. The third-order valence-corrected chi connectivity index (χ3v) is 5.87. The topological polar surface area (TPSA) is 150 Å². The number of rotatable bonds is 12. The highest BCUT2D eigenvalue weighted by Gasteiger charge is 2.39. The van der Waals surface area contributed by atoms with E-state index in [-0.39, 0.29) is 11.5 Å². The van der Waals surface area contributed by atoms with Gasteiger partial charge in [0.15, 0.2) is 22.8 Å². The van der Waals surface area contributed by atoms with Crippen LogP contribution in [0.15, 0.2) is 73.3 Å². The first-order chi connectivity index (χ1) is 16.9. The van der Waals surface area contributed by atoms with Gasteiger partial charge in [0.2, 0.25) is 5.65 Å². The average molecular weight is 517 g/mol. The van der Waals surface area contributed by atoms with Gasteiger partial charge in [-0.05, 0) is 33.4 Å². The van der Waals surface area contributed by atoms with Gasteiger partial charge in [-0.15, -0.1) is 4.73 Å². The maximum Gasteiger partial charge on any atom is 0.585 e. The molecule has 180 valence electrons. The summed E-state index contributed by atoms with van der Waals surface area (Å²) in [5, 5.41) is 0. The highest BCUT2D eigenvalue weighted by molar-refractivity contribution is 7.39. The van der Waals surface area contributed by atoms with E-state index in [1.165, 1.54) is 19.6 Å². The highest BCUT2D eigenvalue weighted by atomic mass is 31.1. The number of nitrogen functional groups attached to an aromatic ring is 1. The molecule has 14 heteroatoms. The zero-order valence-corrected chi connectivity index (χ0v) is 20.2. The molecule has 0 aliphatic rings. The van der Waals surface area contributed by atoms with Crippen LogP contribution in [-0.2, 0) is 18.6 Å². The maximum absolute atomic E-state index is 12.4. The number of fused-ring (bicyclic) bond motifs is 1. The van der Waals surface area contributed by atoms with E-state index in [1.54, 1.807) is 60.7 Å². The lowest BCUT2D eigenvalue weighted by Crippen LogP contribution is -2.43. The Morgan fingerprint density at radius 2 is 1.40 bits per heavy atom. The van der Waals surface area contributed by atoms with E-state index in [2.05, 4.69) is 15.0 Å². The second-order valence-corrected chi connectivity index (χ2v) is 9.19. The Labute approximate surface area is 201 Å². The molecule has 2 aromatic carbocycles. The van der Waals surface area contributed by atoms with Crippen molar-refractivity contribution in [2.75, 3.05) is 18.4 Å². The average Bonchev–Trinajstić information content (AvgIpc) is 3.27. The van der Waals surface area contributed by atoms with Crippen LogP contribution in [0.5, 0.6) is 11.5 Å². The Morgan fingerprint density at radius 3 is 1.94 bits per heavy atom. The van der Waals surface area contributed by atoms with Crippen molar-refractivity contribution in [1.82, 2.24) is 19.7 Å². The molecule has 0 spiro atoms. The number of benzene rings is 2. The number of imidazole rings is 1. The van der Waals surface area contributed by atoms with Crippen molar-refractivity contribution in [3.63, 3.8) is 0 Å². The lowest BCUT2D eigenvalue weighted by molar-refractivity contribution is -0.355. The normalized spacial score (nSPS) is 13.6. The summed E-state index contributed by atoms with van der Waals surface area (Å²) in [5.41, 5.74) is 6.36. The predicted molar refractivity (Wildman–Crippen MR) is 126 cm³/mol. The van der Waals surface area contributed by atoms with Gasteiger partial charge in [-0.2, -0.15) is 0 Å². The van der Waals surface area contributed by atoms with Crippen molar-refractivity contribution in [3.8, 4) is 11.5 Å². The van der Waals surface area contributed by atoms with E-state index in [1.807, 2.05) is 0 Å². The Bertz CT molecular complexity index is 1250. The number of hydrogen-bond donors (Lipinski definition) is 1. The summed E-state index contributed by atoms with van der Waals surface area (Å²) in [6.45, 7) is 1.40. The SMILES string of the molecule is CC(OC[P+](=O)Oc1ccccc1)(OC[P+](=O)Oc1ccccc1)On1cnc2c(N)ncnc21. The van der Waals surface area contributed by atoms with Crippen molar-refractivity contribution in [2.24, 2.45) is 0 Å². The van der Waals surface area contributed by atoms with E-state index < -0.39 is 34.7 Å². The van der Waals surface area contributed by atoms with Crippen LogP contribution < -0.4 is 19.6 Å². The van der Waals surface area contributed by atoms with Crippen LogP contribution in [0.4, 0.5) is 5.82 Å². The summed E-state index contributed by atoms with van der Waals surface area (Å²) in [6.07, 6.45) is 1.73. The molecule has 0 amide bonds. The lowest BCUT2D eigenvalue weighted by atomic mass is 10.3. The van der Waals surface area contributed by atoms with Crippen LogP contribution in [0.25, 0.3) is 11.2 Å². The molecule has 2 aromatic heterocycles. The third-order valence-electron chi connectivity index (χ3n) is 4.36. The first-order valence-corrected chi connectivity index (χ1v) is 12.9. The molecular formula is C21H21N5O7P2+2. The van der Waals surface area contributed by atoms with Crippen molar-refractivity contribution in [1.29, 1.82) is 0 Å². The fourth-order valence-electron chi connectivity index (χ4n) is 2.76. The molecule has 0 aliphatic carbocycles. The van der Waals surface area contributed by atoms with Crippen molar-refractivity contribution in [2.45, 2.75) is 12.9 Å². The Hall–Kier alpha value is -3.69. The van der Waals surface area contributed by atoms with Crippen LogP contribution in [0.2, 0.25) is 0 Å². The zero-order valence-electron chi connectivity index (χ0n) is 18.5. The molecule has 2 unspecified atom stereocenters. The Morgan fingerprint density at radius 1 is 0.857 bits per heavy atom. The van der Waals surface area contributed by atoms with Gasteiger partial charge in [0.05, 0.1) is 0 Å². The third kappa shape index (κ3) is 6.68. The molecule has 0 saturated carbocycles. The van der Waals surface area contributed by atoms with E-state index >= 15 is 0 Å². The van der Waals surface area contributed by atoms with Gasteiger partial charge in [-0.1, -0.05) is 36.4 Å². The summed E-state index contributed by atoms with van der Waals surface area (Å²) >= 11 is 0. The first-order valence-electron chi connectivity index (χ1n) is 10.2. The van der Waals surface area contributed by atoms with Crippen LogP contribution in [-0.4, -0.2) is 38.4 Å². The lowest BCUT2D eigenvalue weighted by Gasteiger charge is -2.25. The Kier molecular flexibility index (Phi) is 7.79. The van der Waals surface area contributed by atoms with E-state index in [0.717, 1.165) is 4.73 Å². The molecule has 12 nitrogen and oxygen atoms in total. The second kappa shape index (κ2) is 11.2. The standard InChI is InChI=1S/C21H21N5O7P2/c1-21(29-14-34(27)31-16-8-4-2-5-9-16,30-15-35(28)32-17-10-6-3-7-11-17)33-26-13-25-18-19(22)23-12-24-20(18)26/h2-13H,14-15H2,1H3,(H2,22,23,24)/q+2. The molecule has 4 aromatic rings. The highest BCUT2D eigenvalue weighted by Crippen LogP contribution is 2.32. The molecule has 35 heavy (non-hydrogen) atoms. The molecule has 0 saturated heterocycles. The molecule has 0 fully saturated rings. The fraction of sp³-hybridized carbons (Fsp3) is 0.190. The largest absolute Gasteiger partial charge is 0.585 e. The molecule has 2 atom stereocenters. The van der Waals surface area contributed by atoms with Crippen LogP contribution in [0.3, 0.4) is 0 Å². The fourth-order valence-corrected chi connectivity index (χ4v) is 4.26. The van der Waals surface area contributed by atoms with Crippen LogP contribution in [0.1, 0.15) is 6.92 Å². The summed E-state index contributed by atoms with van der Waals surface area (Å²) in [5.74, 6) is -0.913. The number of anilines is 1. The van der Waals surface area contributed by atoms with Gasteiger partial charge in [-0.3, -0.25) is 18.5 Å². The molecule has 0 radical (unpaired) electrons. The van der Waals surface area contributed by atoms with Gasteiger partial charge in [0, 0.05) is 6.92 Å². The smallest absolute Gasteiger partial charge is 0.382 e.